The van der Waals surface area contributed by atoms with Gasteiger partial charge in [-0.25, -0.2) is 9.97 Å². The maximum Gasteiger partial charge on any atom is 0.139 e. The molecule has 2 N–H and O–H groups in total. The second-order valence-electron chi connectivity index (χ2n) is 4.06. The molecule has 1 aliphatic heterocycles. The van der Waals surface area contributed by atoms with E-state index in [2.05, 4.69) is 27.5 Å². The number of rotatable bonds is 1. The molecule has 1 aliphatic rings. The van der Waals surface area contributed by atoms with Gasteiger partial charge in [0, 0.05) is 29.4 Å². The van der Waals surface area contributed by atoms with Crippen LogP contribution in [0.5, 0.6) is 0 Å². The van der Waals surface area contributed by atoms with Gasteiger partial charge in [-0.3, -0.25) is 0 Å². The fraction of sp³-hybridized carbons (Fsp3) is 0.273. The molecule has 0 saturated carbocycles. The van der Waals surface area contributed by atoms with E-state index in [0.717, 1.165) is 34.7 Å². The first-order chi connectivity index (χ1) is 7.74. The summed E-state index contributed by atoms with van der Waals surface area (Å²) in [5.41, 5.74) is 6.71. The maximum absolute atomic E-state index is 5.78. The molecule has 0 atom stereocenters. The molecule has 82 valence electrons. The summed E-state index contributed by atoms with van der Waals surface area (Å²) in [4.78, 5) is 11.7. The van der Waals surface area contributed by atoms with Crippen LogP contribution >= 0.6 is 12.6 Å². The Morgan fingerprint density at radius 2 is 2.12 bits per heavy atom. The van der Waals surface area contributed by atoms with Gasteiger partial charge in [-0.2, -0.15) is 0 Å². The van der Waals surface area contributed by atoms with Crippen LogP contribution in [0.4, 0.5) is 5.82 Å². The molecule has 1 saturated heterocycles. The number of fused-ring (bicyclic) bond motifs is 1. The van der Waals surface area contributed by atoms with Crippen LogP contribution in [0, 0.1) is 0 Å². The molecule has 0 unspecified atom stereocenters. The Hall–Kier alpha value is -1.33. The van der Waals surface area contributed by atoms with Crippen molar-refractivity contribution < 1.29 is 0 Å². The molecule has 2 heterocycles. The summed E-state index contributed by atoms with van der Waals surface area (Å²) in [7, 11) is 0. The smallest absolute Gasteiger partial charge is 0.139 e. The highest BCUT2D eigenvalue weighted by Crippen LogP contribution is 2.27. The van der Waals surface area contributed by atoms with E-state index in [0.29, 0.717) is 0 Å². The fourth-order valence-corrected chi connectivity index (χ4v) is 2.17. The highest BCUT2D eigenvalue weighted by molar-refractivity contribution is 7.80. The first kappa shape index (κ1) is 9.86. The lowest BCUT2D eigenvalue weighted by Crippen LogP contribution is -2.56. The van der Waals surface area contributed by atoms with E-state index in [1.807, 2.05) is 18.2 Å². The number of hydrogen-bond acceptors (Lipinski definition) is 5. The minimum Gasteiger partial charge on any atom is -0.353 e. The van der Waals surface area contributed by atoms with Crippen molar-refractivity contribution in [2.24, 2.45) is 5.73 Å². The van der Waals surface area contributed by atoms with Gasteiger partial charge in [0.25, 0.3) is 0 Å². The summed E-state index contributed by atoms with van der Waals surface area (Å²) >= 11 is 4.30. The minimum atomic E-state index is 0.272. The molecule has 0 radical (unpaired) electrons. The monoisotopic (exact) mass is 232 g/mol. The van der Waals surface area contributed by atoms with Gasteiger partial charge >= 0.3 is 0 Å². The standard InChI is InChI=1S/C11H12N4S/c12-7-4-15(5-7)11-9-2-1-8(16)3-10(9)13-6-14-11/h1-3,6-7,16H,4-5,12H2. The van der Waals surface area contributed by atoms with Gasteiger partial charge in [0.05, 0.1) is 5.52 Å². The highest BCUT2D eigenvalue weighted by atomic mass is 32.1. The van der Waals surface area contributed by atoms with Crippen LogP contribution in [0.1, 0.15) is 0 Å². The van der Waals surface area contributed by atoms with Gasteiger partial charge in [0.2, 0.25) is 0 Å². The van der Waals surface area contributed by atoms with Crippen LogP contribution in [0.2, 0.25) is 0 Å². The lowest BCUT2D eigenvalue weighted by Gasteiger charge is -2.38. The van der Waals surface area contributed by atoms with Crippen LogP contribution in [-0.4, -0.2) is 29.1 Å². The fourth-order valence-electron chi connectivity index (χ4n) is 1.97. The van der Waals surface area contributed by atoms with Crippen molar-refractivity contribution >= 4 is 29.3 Å². The summed E-state index contributed by atoms with van der Waals surface area (Å²) in [6.45, 7) is 1.74. The van der Waals surface area contributed by atoms with E-state index in [4.69, 9.17) is 5.73 Å². The van der Waals surface area contributed by atoms with Crippen LogP contribution < -0.4 is 10.6 Å². The van der Waals surface area contributed by atoms with E-state index >= 15 is 0 Å². The van der Waals surface area contributed by atoms with Gasteiger partial charge in [0.1, 0.15) is 12.1 Å². The lowest BCUT2D eigenvalue weighted by atomic mass is 10.1. The molecule has 2 aromatic rings. The molecule has 0 amide bonds. The number of aromatic nitrogens is 2. The SMILES string of the molecule is NC1CN(c2ncnc3cc(S)ccc23)C1. The molecule has 0 bridgehead atoms. The van der Waals surface area contributed by atoms with Crippen molar-refractivity contribution in [1.29, 1.82) is 0 Å². The Morgan fingerprint density at radius 1 is 1.31 bits per heavy atom. The molecule has 0 spiro atoms. The molecule has 3 rings (SSSR count). The molecule has 0 aliphatic carbocycles. The predicted octanol–water partition coefficient (Wildman–Crippen LogP) is 1.07. The van der Waals surface area contributed by atoms with E-state index < -0.39 is 0 Å². The quantitative estimate of drug-likeness (QED) is 0.722. The van der Waals surface area contributed by atoms with Gasteiger partial charge < -0.3 is 10.6 Å². The third-order valence-electron chi connectivity index (χ3n) is 2.81. The zero-order chi connectivity index (χ0) is 11.1. The van der Waals surface area contributed by atoms with E-state index in [9.17, 15) is 0 Å². The molecule has 1 fully saturated rings. The van der Waals surface area contributed by atoms with Crippen molar-refractivity contribution in [3.8, 4) is 0 Å². The van der Waals surface area contributed by atoms with Crippen molar-refractivity contribution in [3.05, 3.63) is 24.5 Å². The molecular weight excluding hydrogens is 220 g/mol. The van der Waals surface area contributed by atoms with Gasteiger partial charge in [-0.15, -0.1) is 12.6 Å². The summed E-state index contributed by atoms with van der Waals surface area (Å²) in [6.07, 6.45) is 1.59. The molecular formula is C11H12N4S. The molecule has 1 aromatic heterocycles. The largest absolute Gasteiger partial charge is 0.353 e. The third kappa shape index (κ3) is 1.52. The summed E-state index contributed by atoms with van der Waals surface area (Å²) in [6, 6.07) is 6.19. The normalized spacial score (nSPS) is 16.5. The molecule has 16 heavy (non-hydrogen) atoms. The summed E-state index contributed by atoms with van der Waals surface area (Å²) in [5, 5.41) is 1.06. The molecule has 4 nitrogen and oxygen atoms in total. The Morgan fingerprint density at radius 3 is 2.88 bits per heavy atom. The van der Waals surface area contributed by atoms with Crippen molar-refractivity contribution in [2.75, 3.05) is 18.0 Å². The van der Waals surface area contributed by atoms with Crippen molar-refractivity contribution in [1.82, 2.24) is 9.97 Å². The number of nitrogens with zero attached hydrogens (tertiary/aromatic N) is 3. The third-order valence-corrected chi connectivity index (χ3v) is 3.09. The van der Waals surface area contributed by atoms with Crippen LogP contribution in [0.25, 0.3) is 10.9 Å². The minimum absolute atomic E-state index is 0.272. The Kier molecular flexibility index (Phi) is 2.22. The lowest BCUT2D eigenvalue weighted by molar-refractivity contribution is 0.516. The van der Waals surface area contributed by atoms with E-state index in [-0.39, 0.29) is 6.04 Å². The Balaban J connectivity index is 2.11. The predicted molar refractivity (Wildman–Crippen MR) is 67.0 cm³/mol. The second kappa shape index (κ2) is 3.61. The maximum atomic E-state index is 5.78. The second-order valence-corrected chi connectivity index (χ2v) is 4.58. The molecule has 1 aromatic carbocycles. The van der Waals surface area contributed by atoms with Crippen LogP contribution in [-0.2, 0) is 0 Å². The zero-order valence-electron chi connectivity index (χ0n) is 8.67. The number of nitrogens with two attached hydrogens (primary N) is 1. The topological polar surface area (TPSA) is 55.0 Å². The Bertz CT molecular complexity index is 536. The average molecular weight is 232 g/mol. The van der Waals surface area contributed by atoms with Crippen molar-refractivity contribution in [3.63, 3.8) is 0 Å². The van der Waals surface area contributed by atoms with Gasteiger partial charge in [0.15, 0.2) is 0 Å². The first-order valence-corrected chi connectivity index (χ1v) is 5.63. The number of thiol groups is 1. The Labute approximate surface area is 98.9 Å². The number of hydrogen-bond donors (Lipinski definition) is 2. The summed E-state index contributed by atoms with van der Waals surface area (Å²) in [5.74, 6) is 0.972. The first-order valence-electron chi connectivity index (χ1n) is 5.18. The highest BCUT2D eigenvalue weighted by Gasteiger charge is 2.25. The zero-order valence-corrected chi connectivity index (χ0v) is 9.56. The van der Waals surface area contributed by atoms with Crippen LogP contribution in [0.3, 0.4) is 0 Å². The average Bonchev–Trinajstić information content (AvgIpc) is 2.24. The van der Waals surface area contributed by atoms with Crippen molar-refractivity contribution in [2.45, 2.75) is 10.9 Å². The van der Waals surface area contributed by atoms with Gasteiger partial charge in [-0.05, 0) is 18.2 Å². The van der Waals surface area contributed by atoms with Crippen LogP contribution in [0.15, 0.2) is 29.4 Å². The molecule has 5 heteroatoms. The van der Waals surface area contributed by atoms with Gasteiger partial charge in [-0.1, -0.05) is 0 Å². The van der Waals surface area contributed by atoms with E-state index in [1.165, 1.54) is 0 Å². The van der Waals surface area contributed by atoms with E-state index in [1.54, 1.807) is 6.33 Å². The number of benzene rings is 1. The summed E-state index contributed by atoms with van der Waals surface area (Å²) < 4.78 is 0. The number of anilines is 1.